The highest BCUT2D eigenvalue weighted by Crippen LogP contribution is 2.37. The fraction of sp³-hybridized carbons (Fsp3) is 0.393. The molecule has 0 spiro atoms. The van der Waals surface area contributed by atoms with Crippen molar-refractivity contribution in [1.29, 1.82) is 5.26 Å². The average Bonchev–Trinajstić information content (AvgIpc) is 3.32. The summed E-state index contributed by atoms with van der Waals surface area (Å²) >= 11 is 1.34. The summed E-state index contributed by atoms with van der Waals surface area (Å²) in [5, 5.41) is 27.9. The summed E-state index contributed by atoms with van der Waals surface area (Å²) in [6, 6.07) is 19.3. The Morgan fingerprint density at radius 1 is 0.889 bits per heavy atom. The molecule has 3 rings (SSSR count). The molecule has 0 fully saturated rings. The highest BCUT2D eigenvalue weighted by Gasteiger charge is 2.10. The van der Waals surface area contributed by atoms with Gasteiger partial charge in [0, 0.05) is 24.8 Å². The number of hydrogen-bond acceptors (Lipinski definition) is 8. The molecule has 1 aromatic heterocycles. The van der Waals surface area contributed by atoms with Crippen LogP contribution in [0.3, 0.4) is 0 Å². The van der Waals surface area contributed by atoms with E-state index in [0.717, 1.165) is 37.3 Å². The minimum Gasteiger partial charge on any atom is -0.484 e. The molecule has 0 bridgehead atoms. The van der Waals surface area contributed by atoms with Gasteiger partial charge in [-0.05, 0) is 81.1 Å². The number of benzene rings is 2. The number of rotatable bonds is 13. The quantitative estimate of drug-likeness (QED) is 0.172. The normalized spacial score (nSPS) is 12.2. The van der Waals surface area contributed by atoms with Gasteiger partial charge in [0.2, 0.25) is 0 Å². The summed E-state index contributed by atoms with van der Waals surface area (Å²) in [7, 11) is 0. The number of nitriles is 1. The van der Waals surface area contributed by atoms with Crippen LogP contribution in [0.2, 0.25) is 0 Å². The molecule has 1 unspecified atom stereocenters. The summed E-state index contributed by atoms with van der Waals surface area (Å²) in [5.41, 5.74) is 3.85. The third-order valence-corrected chi connectivity index (χ3v) is 6.89. The molecule has 0 aliphatic heterocycles. The molecule has 0 aliphatic carbocycles. The van der Waals surface area contributed by atoms with Crippen molar-refractivity contribution in [2.45, 2.75) is 47.0 Å². The van der Waals surface area contributed by atoms with Gasteiger partial charge in [0.1, 0.15) is 6.07 Å². The van der Waals surface area contributed by atoms with Crippen LogP contribution in [0.5, 0.6) is 5.06 Å². The Labute approximate surface area is 218 Å². The van der Waals surface area contributed by atoms with Gasteiger partial charge in [-0.15, -0.1) is 10.2 Å². The molecule has 0 saturated carbocycles. The first-order chi connectivity index (χ1) is 17.6. The lowest BCUT2D eigenvalue weighted by Crippen LogP contribution is -2.21. The minimum absolute atomic E-state index is 0.470. The van der Waals surface area contributed by atoms with Gasteiger partial charge in [-0.1, -0.05) is 31.6 Å². The number of thiophene rings is 1. The van der Waals surface area contributed by atoms with Crippen molar-refractivity contribution in [3.05, 3.63) is 60.2 Å². The first kappa shape index (κ1) is 27.0. The van der Waals surface area contributed by atoms with Crippen LogP contribution in [0.1, 0.15) is 52.5 Å². The Bertz CT molecular complexity index is 1170. The molecule has 0 aliphatic rings. The highest BCUT2D eigenvalue weighted by molar-refractivity contribution is 7.17. The second-order valence-corrected chi connectivity index (χ2v) is 9.50. The van der Waals surface area contributed by atoms with Crippen molar-refractivity contribution in [3.63, 3.8) is 0 Å². The molecule has 188 valence electrons. The monoisotopic (exact) mass is 502 g/mol. The van der Waals surface area contributed by atoms with Crippen LogP contribution in [-0.4, -0.2) is 19.7 Å². The first-order valence-corrected chi connectivity index (χ1v) is 13.3. The third-order valence-electron chi connectivity index (χ3n) is 5.96. The zero-order valence-corrected chi connectivity index (χ0v) is 22.3. The van der Waals surface area contributed by atoms with Crippen LogP contribution in [0.15, 0.2) is 75.1 Å². The highest BCUT2D eigenvalue weighted by atomic mass is 32.1. The van der Waals surface area contributed by atoms with E-state index in [1.165, 1.54) is 23.4 Å². The molecular weight excluding hydrogens is 468 g/mol. The first-order valence-electron chi connectivity index (χ1n) is 12.5. The van der Waals surface area contributed by atoms with Crippen molar-refractivity contribution in [2.75, 3.05) is 24.6 Å². The molecule has 8 heteroatoms. The third kappa shape index (κ3) is 7.99. The van der Waals surface area contributed by atoms with Crippen molar-refractivity contribution >= 4 is 39.1 Å². The lowest BCUT2D eigenvalue weighted by atomic mass is 10.0. The van der Waals surface area contributed by atoms with Crippen molar-refractivity contribution in [1.82, 2.24) is 0 Å². The summed E-state index contributed by atoms with van der Waals surface area (Å²) in [4.78, 5) is 2.28. The van der Waals surface area contributed by atoms with Gasteiger partial charge in [0.05, 0.1) is 29.2 Å². The van der Waals surface area contributed by atoms with Crippen LogP contribution in [0.4, 0.5) is 27.8 Å². The van der Waals surface area contributed by atoms with E-state index in [1.54, 1.807) is 6.07 Å². The lowest BCUT2D eigenvalue weighted by molar-refractivity contribution is 0.301. The Kier molecular flexibility index (Phi) is 10.6. The van der Waals surface area contributed by atoms with Crippen molar-refractivity contribution < 1.29 is 4.74 Å². The molecule has 1 heterocycles. The maximum Gasteiger partial charge on any atom is 0.177 e. The largest absolute Gasteiger partial charge is 0.484 e. The molecule has 0 amide bonds. The molecule has 7 nitrogen and oxygen atoms in total. The molecule has 0 N–H and O–H groups in total. The molecule has 2 aromatic carbocycles. The smallest absolute Gasteiger partial charge is 0.177 e. The Balaban J connectivity index is 1.57. The van der Waals surface area contributed by atoms with E-state index in [1.807, 2.05) is 36.4 Å². The van der Waals surface area contributed by atoms with E-state index in [4.69, 9.17) is 4.74 Å². The maximum absolute atomic E-state index is 9.44. The lowest BCUT2D eigenvalue weighted by Gasteiger charge is -2.20. The van der Waals surface area contributed by atoms with Gasteiger partial charge in [0.25, 0.3) is 0 Å². The predicted molar refractivity (Wildman–Crippen MR) is 148 cm³/mol. The van der Waals surface area contributed by atoms with Crippen LogP contribution < -0.4 is 9.64 Å². The number of anilines is 1. The molecule has 36 heavy (non-hydrogen) atoms. The second-order valence-electron chi connectivity index (χ2n) is 8.51. The standard InChI is InChI=1S/C28H34N6OS/c1-5-21(4)9-8-18-35-27-19-22(20-29)28(36-27)33-32-24-12-10-23(11-13-24)30-31-25-14-16-26(17-15-25)34(6-2)7-3/h10-17,19,21H,5-9,18H2,1-4H3/b31-30+,33-32+. The van der Waals surface area contributed by atoms with Gasteiger partial charge in [-0.2, -0.15) is 15.5 Å². The van der Waals surface area contributed by atoms with Crippen LogP contribution >= 0.6 is 11.3 Å². The van der Waals surface area contributed by atoms with Crippen LogP contribution in [0, 0.1) is 17.2 Å². The second kappa shape index (κ2) is 14.1. The van der Waals surface area contributed by atoms with Crippen LogP contribution in [0.25, 0.3) is 0 Å². The maximum atomic E-state index is 9.44. The molecule has 3 aromatic rings. The summed E-state index contributed by atoms with van der Waals surface area (Å²) in [6.07, 6.45) is 3.31. The molecule has 0 saturated heterocycles. The predicted octanol–water partition coefficient (Wildman–Crippen LogP) is 9.50. The SMILES string of the molecule is CCC(C)CCCOc1cc(C#N)c(/N=N/c2ccc(/N=N/c3ccc(N(CC)CC)cc3)cc2)s1. The van der Waals surface area contributed by atoms with Crippen LogP contribution in [-0.2, 0) is 0 Å². The zero-order chi connectivity index (χ0) is 25.8. The number of azo groups is 2. The van der Waals surface area contributed by atoms with E-state index >= 15 is 0 Å². The van der Waals surface area contributed by atoms with E-state index in [2.05, 4.69) is 71.3 Å². The Hall–Kier alpha value is -3.57. The fourth-order valence-corrected chi connectivity index (χ4v) is 4.32. The fourth-order valence-electron chi connectivity index (χ4n) is 3.52. The van der Waals surface area contributed by atoms with Gasteiger partial charge in [-0.25, -0.2) is 0 Å². The summed E-state index contributed by atoms with van der Waals surface area (Å²) < 4.78 is 5.83. The van der Waals surface area contributed by atoms with E-state index < -0.39 is 0 Å². The van der Waals surface area contributed by atoms with E-state index in [9.17, 15) is 5.26 Å². The molecular formula is C28H34N6OS. The van der Waals surface area contributed by atoms with Gasteiger partial charge >= 0.3 is 0 Å². The molecule has 1 atom stereocenters. The average molecular weight is 503 g/mol. The van der Waals surface area contributed by atoms with Gasteiger partial charge < -0.3 is 9.64 Å². The minimum atomic E-state index is 0.470. The van der Waals surface area contributed by atoms with Crippen molar-refractivity contribution in [3.8, 4) is 11.1 Å². The number of ether oxygens (including phenoxy) is 1. The Morgan fingerprint density at radius 2 is 1.44 bits per heavy atom. The van der Waals surface area contributed by atoms with E-state index in [0.29, 0.717) is 33.8 Å². The van der Waals surface area contributed by atoms with Crippen molar-refractivity contribution in [2.24, 2.45) is 26.4 Å². The van der Waals surface area contributed by atoms with E-state index in [-0.39, 0.29) is 0 Å². The topological polar surface area (TPSA) is 85.7 Å². The number of hydrogen-bond donors (Lipinski definition) is 0. The molecule has 0 radical (unpaired) electrons. The Morgan fingerprint density at radius 3 is 1.97 bits per heavy atom. The summed E-state index contributed by atoms with van der Waals surface area (Å²) in [5.74, 6) is 0.702. The number of nitrogens with zero attached hydrogens (tertiary/aromatic N) is 6. The summed E-state index contributed by atoms with van der Waals surface area (Å²) in [6.45, 7) is 11.3. The van der Waals surface area contributed by atoms with Gasteiger partial charge in [0.15, 0.2) is 10.1 Å². The van der Waals surface area contributed by atoms with Gasteiger partial charge in [-0.3, -0.25) is 0 Å². The zero-order valence-electron chi connectivity index (χ0n) is 21.5.